The average Bonchev–Trinajstić information content (AvgIpc) is 3.22. The van der Waals surface area contributed by atoms with Crippen molar-refractivity contribution in [2.45, 2.75) is 6.42 Å². The Morgan fingerprint density at radius 2 is 1.38 bits per heavy atom. The zero-order chi connectivity index (χ0) is 20.2. The van der Waals surface area contributed by atoms with Gasteiger partial charge in [0.1, 0.15) is 0 Å². The summed E-state index contributed by atoms with van der Waals surface area (Å²) >= 11 is 0. The van der Waals surface area contributed by atoms with Gasteiger partial charge in [0.05, 0.1) is 5.56 Å². The molecule has 1 amide bonds. The van der Waals surface area contributed by atoms with Crippen molar-refractivity contribution in [2.24, 2.45) is 0 Å². The van der Waals surface area contributed by atoms with E-state index in [1.165, 1.54) is 12.1 Å². The fraction of sp³-hybridized carbons (Fsp3) is 0.125. The number of fused-ring (bicyclic) bond motifs is 1. The number of para-hydroxylation sites is 1. The SMILES string of the molecule is O=C(OCC(=O)N1CCc2ccccc21)c1ccc(C(=O)c2ccccc2)cc1. The van der Waals surface area contributed by atoms with E-state index in [-0.39, 0.29) is 18.3 Å². The van der Waals surface area contributed by atoms with Crippen molar-refractivity contribution in [1.29, 1.82) is 0 Å². The maximum atomic E-state index is 12.4. The average molecular weight is 385 g/mol. The van der Waals surface area contributed by atoms with Crippen LogP contribution in [0.5, 0.6) is 0 Å². The Balaban J connectivity index is 1.37. The van der Waals surface area contributed by atoms with Gasteiger partial charge in [0.2, 0.25) is 0 Å². The van der Waals surface area contributed by atoms with Crippen LogP contribution < -0.4 is 4.90 Å². The summed E-state index contributed by atoms with van der Waals surface area (Å²) in [6.45, 7) is 0.268. The van der Waals surface area contributed by atoms with E-state index in [1.807, 2.05) is 30.3 Å². The van der Waals surface area contributed by atoms with Crippen LogP contribution >= 0.6 is 0 Å². The minimum atomic E-state index is -0.593. The van der Waals surface area contributed by atoms with E-state index in [0.29, 0.717) is 23.2 Å². The Labute approximate surface area is 168 Å². The van der Waals surface area contributed by atoms with E-state index in [4.69, 9.17) is 4.74 Å². The van der Waals surface area contributed by atoms with Gasteiger partial charge in [-0.1, -0.05) is 60.7 Å². The molecule has 3 aromatic rings. The molecule has 5 heteroatoms. The van der Waals surface area contributed by atoms with Crippen LogP contribution in [0.3, 0.4) is 0 Å². The second-order valence-corrected chi connectivity index (χ2v) is 6.77. The fourth-order valence-corrected chi connectivity index (χ4v) is 3.40. The van der Waals surface area contributed by atoms with Gasteiger partial charge >= 0.3 is 5.97 Å². The van der Waals surface area contributed by atoms with Crippen LogP contribution in [0.4, 0.5) is 5.69 Å². The lowest BCUT2D eigenvalue weighted by Crippen LogP contribution is -2.33. The van der Waals surface area contributed by atoms with Crippen molar-refractivity contribution in [3.05, 3.63) is 101 Å². The molecule has 1 aliphatic heterocycles. The number of carbonyl (C=O) groups excluding carboxylic acids is 3. The Kier molecular flexibility index (Phi) is 5.20. The van der Waals surface area contributed by atoms with Crippen LogP contribution in [0.2, 0.25) is 0 Å². The molecule has 0 atom stereocenters. The summed E-state index contributed by atoms with van der Waals surface area (Å²) in [4.78, 5) is 38.8. The van der Waals surface area contributed by atoms with Gasteiger partial charge in [-0.15, -0.1) is 0 Å². The van der Waals surface area contributed by atoms with Crippen LogP contribution in [0.25, 0.3) is 0 Å². The molecule has 0 fully saturated rings. The molecule has 144 valence electrons. The Morgan fingerprint density at radius 1 is 0.759 bits per heavy atom. The Morgan fingerprint density at radius 3 is 2.14 bits per heavy atom. The predicted molar refractivity (Wildman–Crippen MR) is 109 cm³/mol. The minimum Gasteiger partial charge on any atom is -0.452 e. The number of anilines is 1. The molecule has 1 aliphatic rings. The van der Waals surface area contributed by atoms with Crippen molar-refractivity contribution < 1.29 is 19.1 Å². The third kappa shape index (κ3) is 3.94. The molecule has 0 aromatic heterocycles. The van der Waals surface area contributed by atoms with Gasteiger partial charge in [-0.05, 0) is 30.2 Å². The number of hydrogen-bond acceptors (Lipinski definition) is 4. The molecule has 0 aliphatic carbocycles. The molecule has 0 saturated heterocycles. The van der Waals surface area contributed by atoms with Crippen molar-refractivity contribution in [3.63, 3.8) is 0 Å². The van der Waals surface area contributed by atoms with Crippen LogP contribution in [0.15, 0.2) is 78.9 Å². The van der Waals surface area contributed by atoms with Crippen LogP contribution in [0.1, 0.15) is 31.8 Å². The summed E-state index contributed by atoms with van der Waals surface area (Å²) in [5.41, 5.74) is 3.35. The van der Waals surface area contributed by atoms with Gasteiger partial charge in [-0.25, -0.2) is 4.79 Å². The summed E-state index contributed by atoms with van der Waals surface area (Å²) in [7, 11) is 0. The number of amides is 1. The van der Waals surface area contributed by atoms with Crippen molar-refractivity contribution >= 4 is 23.3 Å². The maximum absolute atomic E-state index is 12.4. The van der Waals surface area contributed by atoms with Crippen molar-refractivity contribution in [3.8, 4) is 0 Å². The summed E-state index contributed by atoms with van der Waals surface area (Å²) in [5, 5.41) is 0. The lowest BCUT2D eigenvalue weighted by Gasteiger charge is -2.17. The number of benzene rings is 3. The molecule has 0 spiro atoms. The second-order valence-electron chi connectivity index (χ2n) is 6.77. The quantitative estimate of drug-likeness (QED) is 0.497. The number of ether oxygens (including phenoxy) is 1. The molecule has 4 rings (SSSR count). The zero-order valence-electron chi connectivity index (χ0n) is 15.7. The molecule has 5 nitrogen and oxygen atoms in total. The molecule has 0 radical (unpaired) electrons. The lowest BCUT2D eigenvalue weighted by molar-refractivity contribution is -0.121. The number of nitrogens with zero attached hydrogens (tertiary/aromatic N) is 1. The molecule has 0 bridgehead atoms. The number of ketones is 1. The Hall–Kier alpha value is -3.73. The number of rotatable bonds is 5. The van der Waals surface area contributed by atoms with E-state index in [2.05, 4.69) is 0 Å². The molecular weight excluding hydrogens is 366 g/mol. The van der Waals surface area contributed by atoms with Gasteiger partial charge in [0.15, 0.2) is 12.4 Å². The normalized spacial score (nSPS) is 12.3. The third-order valence-corrected chi connectivity index (χ3v) is 4.93. The molecule has 29 heavy (non-hydrogen) atoms. The molecule has 0 unspecified atom stereocenters. The molecule has 3 aromatic carbocycles. The first-order valence-electron chi connectivity index (χ1n) is 9.39. The lowest BCUT2D eigenvalue weighted by atomic mass is 10.0. The van der Waals surface area contributed by atoms with Gasteiger partial charge in [0, 0.05) is 23.4 Å². The van der Waals surface area contributed by atoms with Gasteiger partial charge in [-0.3, -0.25) is 9.59 Å². The van der Waals surface area contributed by atoms with Crippen LogP contribution in [-0.2, 0) is 16.0 Å². The summed E-state index contributed by atoms with van der Waals surface area (Å²) < 4.78 is 5.19. The number of esters is 1. The van der Waals surface area contributed by atoms with Crippen LogP contribution in [0, 0.1) is 0 Å². The van der Waals surface area contributed by atoms with E-state index in [0.717, 1.165) is 17.7 Å². The number of hydrogen-bond donors (Lipinski definition) is 0. The fourth-order valence-electron chi connectivity index (χ4n) is 3.40. The first kappa shape index (κ1) is 18.6. The predicted octanol–water partition coefficient (Wildman–Crippen LogP) is 3.66. The topological polar surface area (TPSA) is 63.7 Å². The summed E-state index contributed by atoms with van der Waals surface area (Å²) in [5.74, 6) is -0.961. The van der Waals surface area contributed by atoms with Crippen molar-refractivity contribution in [1.82, 2.24) is 0 Å². The monoisotopic (exact) mass is 385 g/mol. The Bertz CT molecular complexity index is 1060. The number of carbonyl (C=O) groups is 3. The van der Waals surface area contributed by atoms with E-state index >= 15 is 0 Å². The van der Waals surface area contributed by atoms with Gasteiger partial charge in [0.25, 0.3) is 5.91 Å². The summed E-state index contributed by atoms with van der Waals surface area (Å²) in [6, 6.07) is 22.9. The van der Waals surface area contributed by atoms with E-state index in [9.17, 15) is 14.4 Å². The second kappa shape index (κ2) is 8.10. The summed E-state index contributed by atoms with van der Waals surface area (Å²) in [6.07, 6.45) is 0.798. The highest BCUT2D eigenvalue weighted by Crippen LogP contribution is 2.27. The van der Waals surface area contributed by atoms with E-state index < -0.39 is 5.97 Å². The zero-order valence-corrected chi connectivity index (χ0v) is 15.7. The molecule has 0 saturated carbocycles. The molecule has 1 heterocycles. The van der Waals surface area contributed by atoms with Gasteiger partial charge < -0.3 is 9.64 Å². The van der Waals surface area contributed by atoms with E-state index in [1.54, 1.807) is 41.3 Å². The highest BCUT2D eigenvalue weighted by Gasteiger charge is 2.25. The first-order chi connectivity index (χ1) is 14.1. The molecule has 0 N–H and O–H groups in total. The smallest absolute Gasteiger partial charge is 0.338 e. The van der Waals surface area contributed by atoms with Crippen molar-refractivity contribution in [2.75, 3.05) is 18.1 Å². The largest absolute Gasteiger partial charge is 0.452 e. The highest BCUT2D eigenvalue weighted by molar-refractivity contribution is 6.09. The molecular formula is C24H19NO4. The third-order valence-electron chi connectivity index (χ3n) is 4.93. The highest BCUT2D eigenvalue weighted by atomic mass is 16.5. The first-order valence-corrected chi connectivity index (χ1v) is 9.39. The maximum Gasteiger partial charge on any atom is 0.338 e. The van der Waals surface area contributed by atoms with Crippen LogP contribution in [-0.4, -0.2) is 30.8 Å². The van der Waals surface area contributed by atoms with Gasteiger partial charge in [-0.2, -0.15) is 0 Å². The standard InChI is InChI=1S/C24H19NO4/c26-22(25-15-14-17-6-4-5-9-21(17)25)16-29-24(28)20-12-10-19(11-13-20)23(27)18-7-2-1-3-8-18/h1-13H,14-16H2. The minimum absolute atomic E-state index is 0.117.